The first-order valence-electron chi connectivity index (χ1n) is 7.19. The molecule has 0 bridgehead atoms. The normalized spacial score (nSPS) is 18.4. The second-order valence-corrected chi connectivity index (χ2v) is 6.71. The summed E-state index contributed by atoms with van der Waals surface area (Å²) in [5.74, 6) is 0.763. The van der Waals surface area contributed by atoms with Gasteiger partial charge in [-0.2, -0.15) is 17.4 Å². The summed E-state index contributed by atoms with van der Waals surface area (Å²) in [6.07, 6.45) is 0.692. The van der Waals surface area contributed by atoms with Gasteiger partial charge in [0.2, 0.25) is 0 Å². The Bertz CT molecular complexity index is 539. The van der Waals surface area contributed by atoms with Crippen LogP contribution >= 0.6 is 0 Å². The Balaban J connectivity index is 2.09. The van der Waals surface area contributed by atoms with Crippen LogP contribution in [0.15, 0.2) is 24.3 Å². The molecule has 0 amide bonds. The van der Waals surface area contributed by atoms with E-state index < -0.39 is 10.2 Å². The number of methoxy groups -OCH3 is 1. The van der Waals surface area contributed by atoms with Crippen LogP contribution in [0.5, 0.6) is 5.75 Å². The minimum absolute atomic E-state index is 0.226. The van der Waals surface area contributed by atoms with Gasteiger partial charge >= 0.3 is 0 Å². The maximum atomic E-state index is 12.4. The predicted molar refractivity (Wildman–Crippen MR) is 82.5 cm³/mol. The number of nitrogens with one attached hydrogen (secondary N) is 2. The first-order chi connectivity index (χ1) is 10.1. The molecule has 0 aromatic heterocycles. The van der Waals surface area contributed by atoms with E-state index in [0.29, 0.717) is 32.6 Å². The van der Waals surface area contributed by atoms with Crippen LogP contribution in [-0.2, 0) is 10.2 Å². The van der Waals surface area contributed by atoms with Gasteiger partial charge in [0, 0.05) is 32.2 Å². The first-order valence-corrected chi connectivity index (χ1v) is 8.63. The highest BCUT2D eigenvalue weighted by molar-refractivity contribution is 7.87. The third-order valence-corrected chi connectivity index (χ3v) is 5.26. The number of ether oxygens (including phenoxy) is 1. The molecule has 1 aliphatic rings. The van der Waals surface area contributed by atoms with Crippen LogP contribution in [-0.4, -0.2) is 46.0 Å². The number of hydrogen-bond acceptors (Lipinski definition) is 4. The molecule has 1 aliphatic heterocycles. The molecule has 0 aliphatic carbocycles. The van der Waals surface area contributed by atoms with Crippen molar-refractivity contribution in [2.45, 2.75) is 19.4 Å². The van der Waals surface area contributed by atoms with Crippen LogP contribution in [0.2, 0.25) is 0 Å². The Morgan fingerprint density at radius 3 is 2.43 bits per heavy atom. The second-order valence-electron chi connectivity index (χ2n) is 5.01. The van der Waals surface area contributed by atoms with Crippen molar-refractivity contribution >= 4 is 10.2 Å². The average molecular weight is 313 g/mol. The molecule has 0 radical (unpaired) electrons. The van der Waals surface area contributed by atoms with Crippen LogP contribution in [0.25, 0.3) is 0 Å². The van der Waals surface area contributed by atoms with E-state index in [4.69, 9.17) is 4.74 Å². The Labute approximate surface area is 126 Å². The highest BCUT2D eigenvalue weighted by Gasteiger charge is 2.26. The minimum Gasteiger partial charge on any atom is -0.497 e. The van der Waals surface area contributed by atoms with E-state index >= 15 is 0 Å². The van der Waals surface area contributed by atoms with Gasteiger partial charge in [-0.15, -0.1) is 0 Å². The number of rotatable bonds is 6. The largest absolute Gasteiger partial charge is 0.497 e. The van der Waals surface area contributed by atoms with Gasteiger partial charge in [-0.25, -0.2) is 0 Å². The van der Waals surface area contributed by atoms with E-state index in [1.54, 1.807) is 7.11 Å². The molecular formula is C14H23N3O3S. The lowest BCUT2D eigenvalue weighted by Gasteiger charge is -2.29. The molecule has 7 heteroatoms. The smallest absolute Gasteiger partial charge is 0.280 e. The fourth-order valence-electron chi connectivity index (χ4n) is 2.36. The van der Waals surface area contributed by atoms with E-state index in [2.05, 4.69) is 10.0 Å². The van der Waals surface area contributed by atoms with Gasteiger partial charge in [-0.1, -0.05) is 19.1 Å². The molecule has 1 aromatic rings. The van der Waals surface area contributed by atoms with Gasteiger partial charge < -0.3 is 10.1 Å². The minimum atomic E-state index is -3.45. The summed E-state index contributed by atoms with van der Waals surface area (Å²) in [5, 5.41) is 3.15. The quantitative estimate of drug-likeness (QED) is 0.818. The zero-order chi connectivity index (χ0) is 15.3. The molecular weight excluding hydrogens is 290 g/mol. The topological polar surface area (TPSA) is 70.7 Å². The highest BCUT2D eigenvalue weighted by Crippen LogP contribution is 2.21. The van der Waals surface area contributed by atoms with Crippen molar-refractivity contribution < 1.29 is 13.2 Å². The lowest BCUT2D eigenvalue weighted by molar-refractivity contribution is 0.350. The van der Waals surface area contributed by atoms with Crippen LogP contribution in [0.4, 0.5) is 0 Å². The zero-order valence-electron chi connectivity index (χ0n) is 12.5. The molecule has 1 fully saturated rings. The van der Waals surface area contributed by atoms with Gasteiger partial charge in [0.15, 0.2) is 0 Å². The van der Waals surface area contributed by atoms with E-state index in [0.717, 1.165) is 11.3 Å². The fraction of sp³-hybridized carbons (Fsp3) is 0.571. The summed E-state index contributed by atoms with van der Waals surface area (Å²) in [4.78, 5) is 0. The molecule has 2 rings (SSSR count). The summed E-state index contributed by atoms with van der Waals surface area (Å²) >= 11 is 0. The lowest BCUT2D eigenvalue weighted by atomic mass is 10.1. The SMILES string of the molecule is CCC(NS(=O)(=O)N1CCNCC1)c1ccc(OC)cc1. The Kier molecular flexibility index (Phi) is 5.58. The lowest BCUT2D eigenvalue weighted by Crippen LogP contribution is -2.51. The predicted octanol–water partition coefficient (Wildman–Crippen LogP) is 0.886. The van der Waals surface area contributed by atoms with Crippen LogP contribution < -0.4 is 14.8 Å². The van der Waals surface area contributed by atoms with Crippen LogP contribution in [0.3, 0.4) is 0 Å². The Morgan fingerprint density at radius 1 is 1.29 bits per heavy atom. The molecule has 1 unspecified atom stereocenters. The van der Waals surface area contributed by atoms with E-state index in [1.807, 2.05) is 31.2 Å². The summed E-state index contributed by atoms with van der Waals surface area (Å²) < 4.78 is 34.2. The molecule has 0 spiro atoms. The van der Waals surface area contributed by atoms with Crippen molar-refractivity contribution in [1.29, 1.82) is 0 Å². The second kappa shape index (κ2) is 7.22. The molecule has 21 heavy (non-hydrogen) atoms. The van der Waals surface area contributed by atoms with Crippen molar-refractivity contribution in [2.75, 3.05) is 33.3 Å². The summed E-state index contributed by atoms with van der Waals surface area (Å²) in [7, 11) is -1.84. The third kappa shape index (κ3) is 4.16. The molecule has 1 atom stereocenters. The highest BCUT2D eigenvalue weighted by atomic mass is 32.2. The Hall–Kier alpha value is -1.15. The molecule has 1 heterocycles. The van der Waals surface area contributed by atoms with Crippen LogP contribution in [0.1, 0.15) is 24.9 Å². The van der Waals surface area contributed by atoms with Crippen LogP contribution in [0, 0.1) is 0 Å². The van der Waals surface area contributed by atoms with E-state index in [1.165, 1.54) is 4.31 Å². The monoisotopic (exact) mass is 313 g/mol. The van der Waals surface area contributed by atoms with Crippen molar-refractivity contribution in [3.63, 3.8) is 0 Å². The van der Waals surface area contributed by atoms with Gasteiger partial charge in [0.25, 0.3) is 10.2 Å². The molecule has 118 valence electrons. The van der Waals surface area contributed by atoms with Crippen molar-refractivity contribution in [1.82, 2.24) is 14.3 Å². The van der Waals surface area contributed by atoms with E-state index in [9.17, 15) is 8.42 Å². The maximum Gasteiger partial charge on any atom is 0.280 e. The number of hydrogen-bond donors (Lipinski definition) is 2. The van der Waals surface area contributed by atoms with Gasteiger partial charge in [0.1, 0.15) is 5.75 Å². The summed E-state index contributed by atoms with van der Waals surface area (Å²) in [6, 6.07) is 7.25. The summed E-state index contributed by atoms with van der Waals surface area (Å²) in [6.45, 7) is 4.37. The number of piperazine rings is 1. The molecule has 1 saturated heterocycles. The van der Waals surface area contributed by atoms with Crippen molar-refractivity contribution in [3.8, 4) is 5.75 Å². The zero-order valence-corrected chi connectivity index (χ0v) is 13.3. The van der Waals surface area contributed by atoms with Crippen molar-refractivity contribution in [2.24, 2.45) is 0 Å². The van der Waals surface area contributed by atoms with Crippen molar-refractivity contribution in [3.05, 3.63) is 29.8 Å². The number of nitrogens with zero attached hydrogens (tertiary/aromatic N) is 1. The Morgan fingerprint density at radius 2 is 1.90 bits per heavy atom. The molecule has 1 aromatic carbocycles. The fourth-order valence-corrected chi connectivity index (χ4v) is 3.84. The standard InChI is InChI=1S/C14H23N3O3S/c1-3-14(12-4-6-13(20-2)7-5-12)16-21(18,19)17-10-8-15-9-11-17/h4-7,14-16H,3,8-11H2,1-2H3. The van der Waals surface area contributed by atoms with Gasteiger partial charge in [-0.3, -0.25) is 0 Å². The third-order valence-electron chi connectivity index (χ3n) is 3.63. The summed E-state index contributed by atoms with van der Waals surface area (Å²) in [5.41, 5.74) is 0.942. The molecule has 0 saturated carbocycles. The molecule has 2 N–H and O–H groups in total. The van der Waals surface area contributed by atoms with E-state index in [-0.39, 0.29) is 6.04 Å². The maximum absolute atomic E-state index is 12.4. The van der Waals surface area contributed by atoms with Gasteiger partial charge in [0.05, 0.1) is 7.11 Å². The number of benzene rings is 1. The molecule has 6 nitrogen and oxygen atoms in total. The first kappa shape index (κ1) is 16.2. The average Bonchev–Trinajstić information content (AvgIpc) is 2.53. The van der Waals surface area contributed by atoms with Gasteiger partial charge in [-0.05, 0) is 24.1 Å².